The maximum absolute atomic E-state index is 5.95. The molecule has 0 aromatic carbocycles. The molecular weight excluding hydrogens is 222 g/mol. The summed E-state index contributed by atoms with van der Waals surface area (Å²) < 4.78 is 1.99. The van der Waals surface area contributed by atoms with Crippen LogP contribution in [0.2, 0.25) is 5.02 Å². The molecule has 4 heteroatoms. The number of fused-ring (bicyclic) bond motifs is 1. The molecule has 2 aromatic rings. The first-order valence-electron chi connectivity index (χ1n) is 5.70. The molecule has 3 rings (SSSR count). The first kappa shape index (κ1) is 10.1. The summed E-state index contributed by atoms with van der Waals surface area (Å²) in [5.74, 6) is 0. The molecule has 1 aliphatic heterocycles. The number of halogens is 1. The van der Waals surface area contributed by atoms with Crippen molar-refractivity contribution in [2.75, 3.05) is 6.54 Å². The van der Waals surface area contributed by atoms with Gasteiger partial charge >= 0.3 is 0 Å². The standard InChI is InChI=1S/C12H14ClN3/c13-9-4-5-12-15-11(8-16(12)7-9)10-3-1-2-6-14-10/h4-5,7-8,10,14H,1-3,6H2. The Morgan fingerprint density at radius 2 is 2.25 bits per heavy atom. The molecule has 0 aliphatic carbocycles. The molecule has 2 aromatic heterocycles. The van der Waals surface area contributed by atoms with Crippen molar-refractivity contribution in [2.45, 2.75) is 25.3 Å². The van der Waals surface area contributed by atoms with Crippen LogP contribution in [-0.4, -0.2) is 15.9 Å². The van der Waals surface area contributed by atoms with Gasteiger partial charge in [0, 0.05) is 12.4 Å². The second-order valence-corrected chi connectivity index (χ2v) is 4.72. The summed E-state index contributed by atoms with van der Waals surface area (Å²) in [6, 6.07) is 4.24. The minimum Gasteiger partial charge on any atom is -0.309 e. The van der Waals surface area contributed by atoms with Crippen molar-refractivity contribution < 1.29 is 0 Å². The van der Waals surface area contributed by atoms with E-state index in [1.807, 2.05) is 22.7 Å². The van der Waals surface area contributed by atoms with E-state index in [4.69, 9.17) is 11.6 Å². The van der Waals surface area contributed by atoms with E-state index in [-0.39, 0.29) is 0 Å². The van der Waals surface area contributed by atoms with Gasteiger partial charge in [0.1, 0.15) is 5.65 Å². The molecule has 0 saturated carbocycles. The normalized spacial score (nSPS) is 21.4. The minimum absolute atomic E-state index is 0.410. The third-order valence-corrected chi connectivity index (χ3v) is 3.32. The number of nitrogens with zero attached hydrogens (tertiary/aromatic N) is 2. The van der Waals surface area contributed by atoms with Crippen molar-refractivity contribution in [3.63, 3.8) is 0 Å². The average molecular weight is 236 g/mol. The van der Waals surface area contributed by atoms with Crippen LogP contribution >= 0.6 is 11.6 Å². The fourth-order valence-corrected chi connectivity index (χ4v) is 2.42. The quantitative estimate of drug-likeness (QED) is 0.824. The van der Waals surface area contributed by atoms with Crippen LogP contribution in [0.25, 0.3) is 5.65 Å². The molecule has 3 heterocycles. The number of hydrogen-bond acceptors (Lipinski definition) is 2. The Labute approximate surface area is 99.4 Å². The second-order valence-electron chi connectivity index (χ2n) is 4.28. The zero-order valence-electron chi connectivity index (χ0n) is 8.99. The van der Waals surface area contributed by atoms with E-state index in [0.29, 0.717) is 6.04 Å². The molecule has 1 N–H and O–H groups in total. The van der Waals surface area contributed by atoms with Gasteiger partial charge in [-0.1, -0.05) is 18.0 Å². The van der Waals surface area contributed by atoms with Crippen molar-refractivity contribution in [3.05, 3.63) is 35.2 Å². The molecular formula is C12H14ClN3. The van der Waals surface area contributed by atoms with Crippen LogP contribution in [0.1, 0.15) is 31.0 Å². The van der Waals surface area contributed by atoms with Crippen LogP contribution in [-0.2, 0) is 0 Å². The van der Waals surface area contributed by atoms with E-state index >= 15 is 0 Å². The lowest BCUT2D eigenvalue weighted by atomic mass is 10.0. The summed E-state index contributed by atoms with van der Waals surface area (Å²) in [6.07, 6.45) is 7.71. The van der Waals surface area contributed by atoms with Gasteiger partial charge in [-0.25, -0.2) is 4.98 Å². The first-order valence-corrected chi connectivity index (χ1v) is 6.08. The van der Waals surface area contributed by atoms with E-state index in [1.54, 1.807) is 0 Å². The third kappa shape index (κ3) is 1.81. The maximum Gasteiger partial charge on any atom is 0.137 e. The molecule has 1 unspecified atom stereocenters. The summed E-state index contributed by atoms with van der Waals surface area (Å²) in [6.45, 7) is 1.10. The smallest absolute Gasteiger partial charge is 0.137 e. The van der Waals surface area contributed by atoms with E-state index < -0.39 is 0 Å². The summed E-state index contributed by atoms with van der Waals surface area (Å²) in [7, 11) is 0. The largest absolute Gasteiger partial charge is 0.309 e. The SMILES string of the molecule is Clc1ccc2nc(C3CCCCN3)cn2c1. The lowest BCUT2D eigenvalue weighted by Gasteiger charge is -2.21. The fourth-order valence-electron chi connectivity index (χ4n) is 2.26. The highest BCUT2D eigenvalue weighted by atomic mass is 35.5. The first-order chi connectivity index (χ1) is 7.83. The van der Waals surface area contributed by atoms with Crippen LogP contribution in [0.5, 0.6) is 0 Å². The second kappa shape index (κ2) is 4.07. The van der Waals surface area contributed by atoms with E-state index in [1.165, 1.54) is 19.3 Å². The molecule has 0 spiro atoms. The molecule has 1 saturated heterocycles. The molecule has 0 radical (unpaired) electrons. The number of pyridine rings is 1. The number of piperidine rings is 1. The molecule has 1 atom stereocenters. The molecule has 0 bridgehead atoms. The summed E-state index contributed by atoms with van der Waals surface area (Å²) in [5.41, 5.74) is 2.09. The van der Waals surface area contributed by atoms with E-state index in [9.17, 15) is 0 Å². The van der Waals surface area contributed by atoms with Gasteiger partial charge in [0.15, 0.2) is 0 Å². The van der Waals surface area contributed by atoms with Crippen molar-refractivity contribution in [3.8, 4) is 0 Å². The topological polar surface area (TPSA) is 29.3 Å². The van der Waals surface area contributed by atoms with Gasteiger partial charge in [-0.05, 0) is 31.5 Å². The van der Waals surface area contributed by atoms with Crippen molar-refractivity contribution >= 4 is 17.2 Å². The van der Waals surface area contributed by atoms with Crippen LogP contribution in [0, 0.1) is 0 Å². The highest BCUT2D eigenvalue weighted by molar-refractivity contribution is 6.30. The summed E-state index contributed by atoms with van der Waals surface area (Å²) >= 11 is 5.95. The molecule has 1 fully saturated rings. The molecule has 16 heavy (non-hydrogen) atoms. The Morgan fingerprint density at radius 3 is 3.06 bits per heavy atom. The Hall–Kier alpha value is -1.06. The predicted molar refractivity (Wildman–Crippen MR) is 64.8 cm³/mol. The number of hydrogen-bond donors (Lipinski definition) is 1. The zero-order chi connectivity index (χ0) is 11.0. The minimum atomic E-state index is 0.410. The average Bonchev–Trinajstić information content (AvgIpc) is 2.73. The van der Waals surface area contributed by atoms with Crippen molar-refractivity contribution in [1.29, 1.82) is 0 Å². The maximum atomic E-state index is 5.95. The van der Waals surface area contributed by atoms with Crippen LogP contribution in [0.15, 0.2) is 24.5 Å². The zero-order valence-corrected chi connectivity index (χ0v) is 9.74. The predicted octanol–water partition coefficient (Wildman–Crippen LogP) is 2.80. The van der Waals surface area contributed by atoms with Crippen LogP contribution in [0.4, 0.5) is 0 Å². The van der Waals surface area contributed by atoms with E-state index in [2.05, 4.69) is 16.5 Å². The lowest BCUT2D eigenvalue weighted by molar-refractivity contribution is 0.406. The highest BCUT2D eigenvalue weighted by Crippen LogP contribution is 2.23. The molecule has 84 valence electrons. The van der Waals surface area contributed by atoms with Gasteiger partial charge < -0.3 is 9.72 Å². The van der Waals surface area contributed by atoms with Gasteiger partial charge in [-0.3, -0.25) is 0 Å². The Kier molecular flexibility index (Phi) is 2.58. The van der Waals surface area contributed by atoms with Gasteiger partial charge in [-0.15, -0.1) is 0 Å². The van der Waals surface area contributed by atoms with Crippen LogP contribution < -0.4 is 5.32 Å². The van der Waals surface area contributed by atoms with Gasteiger partial charge in [0.25, 0.3) is 0 Å². The number of rotatable bonds is 1. The van der Waals surface area contributed by atoms with Gasteiger partial charge in [0.05, 0.1) is 16.8 Å². The third-order valence-electron chi connectivity index (χ3n) is 3.10. The monoisotopic (exact) mass is 235 g/mol. The fraction of sp³-hybridized carbons (Fsp3) is 0.417. The Morgan fingerprint density at radius 1 is 1.31 bits per heavy atom. The number of aromatic nitrogens is 2. The summed E-state index contributed by atoms with van der Waals surface area (Å²) in [5, 5.41) is 4.25. The van der Waals surface area contributed by atoms with Crippen molar-refractivity contribution in [2.24, 2.45) is 0 Å². The molecule has 0 amide bonds. The van der Waals surface area contributed by atoms with Gasteiger partial charge in [-0.2, -0.15) is 0 Å². The molecule has 1 aliphatic rings. The van der Waals surface area contributed by atoms with Crippen molar-refractivity contribution in [1.82, 2.24) is 14.7 Å². The highest BCUT2D eigenvalue weighted by Gasteiger charge is 2.17. The Balaban J connectivity index is 1.97. The van der Waals surface area contributed by atoms with Gasteiger partial charge in [0.2, 0.25) is 0 Å². The van der Waals surface area contributed by atoms with E-state index in [0.717, 1.165) is 22.9 Å². The number of imidazole rings is 1. The molecule has 3 nitrogen and oxygen atoms in total. The lowest BCUT2D eigenvalue weighted by Crippen LogP contribution is -2.26. The number of nitrogens with one attached hydrogen (secondary N) is 1. The van der Waals surface area contributed by atoms with Crippen LogP contribution in [0.3, 0.4) is 0 Å². The Bertz CT molecular complexity index is 500. The summed E-state index contributed by atoms with van der Waals surface area (Å²) in [4.78, 5) is 4.62.